The van der Waals surface area contributed by atoms with Crippen LogP contribution in [0.4, 0.5) is 22.7 Å². The molecule has 0 radical (unpaired) electrons. The largest absolute Gasteiger partial charge is 0.311 e. The van der Waals surface area contributed by atoms with E-state index in [2.05, 4.69) is 104 Å². The fraction of sp³-hybridized carbons (Fsp3) is 0.200. The van der Waals surface area contributed by atoms with Crippen molar-refractivity contribution in [3.8, 4) is 11.1 Å². The zero-order valence-electron chi connectivity index (χ0n) is 20.1. The Hall–Kier alpha value is -3.60. The van der Waals surface area contributed by atoms with Crippen LogP contribution in [0, 0.1) is 6.92 Å². The molecule has 0 heterocycles. The van der Waals surface area contributed by atoms with Crippen molar-refractivity contribution in [3.63, 3.8) is 0 Å². The molecule has 0 aliphatic rings. The number of hydroxylamine groups is 1. The van der Waals surface area contributed by atoms with Gasteiger partial charge in [0, 0.05) is 24.1 Å². The number of hydrogen-bond acceptors (Lipinski definition) is 4. The maximum Gasteiger partial charge on any atom is 0.0847 e. The molecule has 0 saturated heterocycles. The van der Waals surface area contributed by atoms with E-state index in [9.17, 15) is 0 Å². The standard InChI is InChI=1S/C30H32N2O2/c1-4-5-23-33-34-31(3)27-19-13-25(14-20-27)26-15-21-30(22-16-26)32(28-9-7-6-8-10-28)29-17-11-24(2)12-18-29/h6-22H,4-5,23H2,1-3H3. The molecule has 174 valence electrons. The summed E-state index contributed by atoms with van der Waals surface area (Å²) in [6.45, 7) is 4.83. The van der Waals surface area contributed by atoms with Gasteiger partial charge in [-0.05, 0) is 73.0 Å². The Bertz CT molecular complexity index is 1140. The van der Waals surface area contributed by atoms with E-state index in [-0.39, 0.29) is 0 Å². The Balaban J connectivity index is 1.52. The van der Waals surface area contributed by atoms with Crippen molar-refractivity contribution in [2.75, 3.05) is 23.6 Å². The van der Waals surface area contributed by atoms with Crippen LogP contribution in [0.15, 0.2) is 103 Å². The van der Waals surface area contributed by atoms with E-state index in [1.165, 1.54) is 5.56 Å². The molecule has 4 aromatic carbocycles. The summed E-state index contributed by atoms with van der Waals surface area (Å²) >= 11 is 0. The second kappa shape index (κ2) is 11.5. The maximum atomic E-state index is 5.34. The number of hydrogen-bond donors (Lipinski definition) is 0. The van der Waals surface area contributed by atoms with Gasteiger partial charge in [0.25, 0.3) is 0 Å². The van der Waals surface area contributed by atoms with E-state index in [0.29, 0.717) is 6.61 Å². The number of benzene rings is 4. The van der Waals surface area contributed by atoms with Gasteiger partial charge in [-0.2, -0.15) is 0 Å². The third kappa shape index (κ3) is 5.84. The first kappa shape index (κ1) is 23.6. The molecule has 0 bridgehead atoms. The van der Waals surface area contributed by atoms with Gasteiger partial charge in [-0.1, -0.05) is 73.5 Å². The number of anilines is 4. The molecule has 4 nitrogen and oxygen atoms in total. The van der Waals surface area contributed by atoms with Gasteiger partial charge in [-0.3, -0.25) is 0 Å². The highest BCUT2D eigenvalue weighted by Crippen LogP contribution is 2.35. The first-order valence-electron chi connectivity index (χ1n) is 11.8. The van der Waals surface area contributed by atoms with E-state index in [4.69, 9.17) is 9.88 Å². The third-order valence-electron chi connectivity index (χ3n) is 5.74. The SMILES string of the molecule is CCCCOON(C)c1ccc(-c2ccc(N(c3ccccc3)c3ccc(C)cc3)cc2)cc1. The second-order valence-electron chi connectivity index (χ2n) is 8.35. The summed E-state index contributed by atoms with van der Waals surface area (Å²) in [4.78, 5) is 12.9. The lowest BCUT2D eigenvalue weighted by Crippen LogP contribution is -2.18. The predicted molar refractivity (Wildman–Crippen MR) is 142 cm³/mol. The van der Waals surface area contributed by atoms with Crippen LogP contribution >= 0.6 is 0 Å². The van der Waals surface area contributed by atoms with Crippen LogP contribution in [0.2, 0.25) is 0 Å². The van der Waals surface area contributed by atoms with E-state index in [1.807, 2.05) is 25.2 Å². The quantitative estimate of drug-likeness (QED) is 0.137. The molecule has 0 atom stereocenters. The minimum absolute atomic E-state index is 0.591. The van der Waals surface area contributed by atoms with Crippen LogP contribution in [0.3, 0.4) is 0 Å². The Morgan fingerprint density at radius 1 is 0.618 bits per heavy atom. The van der Waals surface area contributed by atoms with Gasteiger partial charge < -0.3 is 4.90 Å². The second-order valence-corrected chi connectivity index (χ2v) is 8.35. The summed E-state index contributed by atoms with van der Waals surface area (Å²) in [5, 5.41) is 1.64. The van der Waals surface area contributed by atoms with Crippen molar-refractivity contribution in [2.24, 2.45) is 0 Å². The number of unbranched alkanes of at least 4 members (excludes halogenated alkanes) is 1. The van der Waals surface area contributed by atoms with Crippen molar-refractivity contribution < 1.29 is 9.88 Å². The molecule has 4 heteroatoms. The molecule has 0 spiro atoms. The van der Waals surface area contributed by atoms with Gasteiger partial charge in [-0.25, -0.2) is 9.95 Å². The van der Waals surface area contributed by atoms with Crippen LogP contribution in [0.25, 0.3) is 11.1 Å². The monoisotopic (exact) mass is 452 g/mol. The lowest BCUT2D eigenvalue weighted by Gasteiger charge is -2.25. The Morgan fingerprint density at radius 3 is 1.68 bits per heavy atom. The van der Waals surface area contributed by atoms with Gasteiger partial charge in [0.15, 0.2) is 0 Å². The molecule has 0 saturated carbocycles. The van der Waals surface area contributed by atoms with Crippen LogP contribution in [0.1, 0.15) is 25.3 Å². The molecule has 0 N–H and O–H groups in total. The zero-order valence-corrected chi connectivity index (χ0v) is 20.1. The molecular weight excluding hydrogens is 420 g/mol. The highest BCUT2D eigenvalue weighted by atomic mass is 17.3. The van der Waals surface area contributed by atoms with E-state index in [1.54, 1.807) is 5.06 Å². The number of rotatable bonds is 10. The van der Waals surface area contributed by atoms with E-state index in [0.717, 1.165) is 46.7 Å². The summed E-state index contributed by atoms with van der Waals surface area (Å²) in [6, 6.07) is 36.1. The zero-order chi connectivity index (χ0) is 23.8. The lowest BCUT2D eigenvalue weighted by atomic mass is 10.0. The summed E-state index contributed by atoms with van der Waals surface area (Å²) in [7, 11) is 1.85. The average Bonchev–Trinajstić information content (AvgIpc) is 2.89. The first-order valence-corrected chi connectivity index (χ1v) is 11.8. The van der Waals surface area contributed by atoms with Gasteiger partial charge in [-0.15, -0.1) is 4.99 Å². The average molecular weight is 453 g/mol. The molecule has 0 unspecified atom stereocenters. The fourth-order valence-electron chi connectivity index (χ4n) is 3.75. The number of nitrogens with zero attached hydrogens (tertiary/aromatic N) is 2. The fourth-order valence-corrected chi connectivity index (χ4v) is 3.75. The highest BCUT2D eigenvalue weighted by molar-refractivity contribution is 5.78. The Kier molecular flexibility index (Phi) is 7.97. The Morgan fingerprint density at radius 2 is 1.12 bits per heavy atom. The normalized spacial score (nSPS) is 10.8. The third-order valence-corrected chi connectivity index (χ3v) is 5.74. The van der Waals surface area contributed by atoms with Crippen molar-refractivity contribution in [2.45, 2.75) is 26.7 Å². The van der Waals surface area contributed by atoms with Crippen LogP contribution < -0.4 is 9.96 Å². The van der Waals surface area contributed by atoms with Gasteiger partial charge in [0.1, 0.15) is 0 Å². The molecule has 0 amide bonds. The van der Waals surface area contributed by atoms with Crippen molar-refractivity contribution >= 4 is 22.7 Å². The van der Waals surface area contributed by atoms with Crippen molar-refractivity contribution in [1.82, 2.24) is 0 Å². The molecule has 34 heavy (non-hydrogen) atoms. The van der Waals surface area contributed by atoms with Gasteiger partial charge in [0.2, 0.25) is 0 Å². The Labute approximate surface area is 202 Å². The summed E-state index contributed by atoms with van der Waals surface area (Å²) in [5.74, 6) is 0. The summed E-state index contributed by atoms with van der Waals surface area (Å²) < 4.78 is 0. The van der Waals surface area contributed by atoms with E-state index < -0.39 is 0 Å². The highest BCUT2D eigenvalue weighted by Gasteiger charge is 2.12. The molecule has 0 fully saturated rings. The number of para-hydroxylation sites is 1. The van der Waals surface area contributed by atoms with E-state index >= 15 is 0 Å². The summed E-state index contributed by atoms with van der Waals surface area (Å²) in [6.07, 6.45) is 2.06. The van der Waals surface area contributed by atoms with Crippen molar-refractivity contribution in [1.29, 1.82) is 0 Å². The molecule has 4 rings (SSSR count). The number of aryl methyl sites for hydroxylation is 1. The predicted octanol–water partition coefficient (Wildman–Crippen LogP) is 8.23. The molecule has 0 aliphatic carbocycles. The lowest BCUT2D eigenvalue weighted by molar-refractivity contribution is -0.301. The van der Waals surface area contributed by atoms with Crippen LogP contribution in [-0.4, -0.2) is 13.7 Å². The topological polar surface area (TPSA) is 24.9 Å². The summed E-state index contributed by atoms with van der Waals surface area (Å²) in [5.41, 5.74) is 7.89. The van der Waals surface area contributed by atoms with Gasteiger partial charge in [0.05, 0.1) is 12.3 Å². The van der Waals surface area contributed by atoms with Crippen molar-refractivity contribution in [3.05, 3.63) is 109 Å². The van der Waals surface area contributed by atoms with Crippen LogP contribution in [0.5, 0.6) is 0 Å². The molecular formula is C30H32N2O2. The van der Waals surface area contributed by atoms with Crippen LogP contribution in [-0.2, 0) is 9.88 Å². The maximum absolute atomic E-state index is 5.34. The minimum atomic E-state index is 0.591. The molecule has 0 aliphatic heterocycles. The van der Waals surface area contributed by atoms with Gasteiger partial charge >= 0.3 is 0 Å². The molecule has 4 aromatic rings. The molecule has 0 aromatic heterocycles. The smallest absolute Gasteiger partial charge is 0.0847 e. The minimum Gasteiger partial charge on any atom is -0.311 e. The first-order chi connectivity index (χ1) is 16.7.